The number of carbonyl (C=O) groups excluding carboxylic acids is 1. The van der Waals surface area contributed by atoms with Crippen LogP contribution in [-0.4, -0.2) is 16.0 Å². The lowest BCUT2D eigenvalue weighted by Crippen LogP contribution is -1.92. The van der Waals surface area contributed by atoms with Crippen molar-refractivity contribution in [2.45, 2.75) is 81.1 Å². The number of aromatic amines is 1. The zero-order valence-electron chi connectivity index (χ0n) is 19.7. The van der Waals surface area contributed by atoms with Crippen molar-refractivity contribution in [2.24, 2.45) is 0 Å². The zero-order valence-corrected chi connectivity index (χ0v) is 19.7. The summed E-state index contributed by atoms with van der Waals surface area (Å²) in [4.78, 5) is 11.3. The Morgan fingerprint density at radius 3 is 2.03 bits per heavy atom. The van der Waals surface area contributed by atoms with Gasteiger partial charge in [0.1, 0.15) is 0 Å². The molecule has 1 aromatic heterocycles. The Hall–Kier alpha value is -2.42. The molecular formula is C26H40N2O. The Bertz CT molecular complexity index is 834. The van der Waals surface area contributed by atoms with E-state index >= 15 is 0 Å². The maximum Gasteiger partial charge on any atom is 0.163 e. The van der Waals surface area contributed by atoms with Crippen LogP contribution in [0.5, 0.6) is 0 Å². The average molecular weight is 397 g/mol. The summed E-state index contributed by atoms with van der Waals surface area (Å²) < 4.78 is 0. The molecule has 0 amide bonds. The van der Waals surface area contributed by atoms with Crippen LogP contribution in [0.25, 0.3) is 10.9 Å². The summed E-state index contributed by atoms with van der Waals surface area (Å²) in [5.74, 6) is 0.320. The standard InChI is InChI=1S/C11H12O.C9H10N2.3C2H6/c1-2-8-3-4-9-5-6-11(12)10(9)7-8;1-2-7-3-4-8-6-10-11-9(8)5-7;3*1-2/h3-4,7H,2,5-6H2,1H3;3-6H,2H2,1H3,(H,10,11);3*1-2H3. The largest absolute Gasteiger partial charge is 0.294 e. The number of hydrogen-bond acceptors (Lipinski definition) is 2. The van der Waals surface area contributed by atoms with Crippen molar-refractivity contribution in [1.29, 1.82) is 0 Å². The van der Waals surface area contributed by atoms with Gasteiger partial charge in [0.2, 0.25) is 0 Å². The van der Waals surface area contributed by atoms with Crippen molar-refractivity contribution >= 4 is 16.7 Å². The van der Waals surface area contributed by atoms with E-state index in [4.69, 9.17) is 0 Å². The third-order valence-corrected chi connectivity index (χ3v) is 4.42. The summed E-state index contributed by atoms with van der Waals surface area (Å²) in [7, 11) is 0. The van der Waals surface area contributed by atoms with E-state index in [1.54, 1.807) is 0 Å². The maximum atomic E-state index is 11.3. The molecule has 160 valence electrons. The molecule has 2 aromatic carbocycles. The highest BCUT2D eigenvalue weighted by molar-refractivity contribution is 6.00. The molecule has 0 aliphatic heterocycles. The summed E-state index contributed by atoms with van der Waals surface area (Å²) in [5, 5.41) is 8.08. The predicted octanol–water partition coefficient (Wildman–Crippen LogP) is 7.58. The van der Waals surface area contributed by atoms with E-state index in [9.17, 15) is 4.79 Å². The third-order valence-electron chi connectivity index (χ3n) is 4.42. The van der Waals surface area contributed by atoms with Crippen molar-refractivity contribution in [3.63, 3.8) is 0 Å². The Morgan fingerprint density at radius 2 is 1.41 bits per heavy atom. The van der Waals surface area contributed by atoms with Crippen LogP contribution in [0.15, 0.2) is 42.6 Å². The monoisotopic (exact) mass is 396 g/mol. The average Bonchev–Trinajstić information content (AvgIpc) is 3.44. The molecule has 0 radical (unpaired) electrons. The van der Waals surface area contributed by atoms with Gasteiger partial charge in [0.15, 0.2) is 5.78 Å². The van der Waals surface area contributed by atoms with Gasteiger partial charge in [-0.05, 0) is 48.1 Å². The lowest BCUT2D eigenvalue weighted by Gasteiger charge is -2.00. The first-order chi connectivity index (χ1) is 14.2. The molecule has 0 atom stereocenters. The highest BCUT2D eigenvalue weighted by Crippen LogP contribution is 2.22. The lowest BCUT2D eigenvalue weighted by molar-refractivity contribution is 0.0994. The van der Waals surface area contributed by atoms with Gasteiger partial charge in [-0.3, -0.25) is 9.89 Å². The van der Waals surface area contributed by atoms with Crippen LogP contribution in [0.2, 0.25) is 0 Å². The summed E-state index contributed by atoms with van der Waals surface area (Å²) in [6.45, 7) is 16.3. The van der Waals surface area contributed by atoms with Gasteiger partial charge in [0.05, 0.1) is 11.7 Å². The van der Waals surface area contributed by atoms with Crippen LogP contribution >= 0.6 is 0 Å². The number of benzene rings is 2. The Morgan fingerprint density at radius 1 is 0.828 bits per heavy atom. The minimum atomic E-state index is 0.320. The molecule has 0 spiro atoms. The van der Waals surface area contributed by atoms with E-state index in [1.165, 1.54) is 22.1 Å². The molecule has 0 saturated carbocycles. The number of nitrogens with zero attached hydrogens (tertiary/aromatic N) is 1. The molecule has 1 aliphatic carbocycles. The van der Waals surface area contributed by atoms with Crippen LogP contribution in [-0.2, 0) is 19.3 Å². The fourth-order valence-corrected chi connectivity index (χ4v) is 2.91. The molecule has 1 N–H and O–H groups in total. The van der Waals surface area contributed by atoms with E-state index < -0.39 is 0 Å². The van der Waals surface area contributed by atoms with Crippen LogP contribution in [0.3, 0.4) is 0 Å². The molecule has 4 rings (SSSR count). The molecule has 0 fully saturated rings. The first-order valence-corrected chi connectivity index (χ1v) is 11.3. The number of H-pyrrole nitrogens is 1. The summed E-state index contributed by atoms with van der Waals surface area (Å²) in [5.41, 5.74) is 5.95. The quantitative estimate of drug-likeness (QED) is 0.485. The second-order valence-electron chi connectivity index (χ2n) is 5.91. The summed E-state index contributed by atoms with van der Waals surface area (Å²) in [6, 6.07) is 12.6. The smallest absolute Gasteiger partial charge is 0.163 e. The van der Waals surface area contributed by atoms with Gasteiger partial charge in [-0.1, -0.05) is 79.7 Å². The second kappa shape index (κ2) is 15.5. The number of rotatable bonds is 2. The van der Waals surface area contributed by atoms with Crippen molar-refractivity contribution in [3.8, 4) is 0 Å². The summed E-state index contributed by atoms with van der Waals surface area (Å²) in [6.07, 6.45) is 5.59. The second-order valence-corrected chi connectivity index (χ2v) is 5.91. The number of fused-ring (bicyclic) bond motifs is 2. The van der Waals surface area contributed by atoms with Gasteiger partial charge in [0.25, 0.3) is 0 Å². The molecule has 1 aliphatic rings. The normalized spacial score (nSPS) is 10.8. The number of nitrogens with one attached hydrogen (secondary N) is 1. The lowest BCUT2D eigenvalue weighted by atomic mass is 10.0. The SMILES string of the molecule is CC.CC.CC.CCc1ccc2c(c1)C(=O)CC2.CCc1ccc2cn[nH]c2c1. The van der Waals surface area contributed by atoms with E-state index in [-0.39, 0.29) is 0 Å². The minimum Gasteiger partial charge on any atom is -0.294 e. The molecular weight excluding hydrogens is 356 g/mol. The number of Topliss-reactive ketones (excluding diaryl/α,β-unsaturated/α-hetero) is 1. The molecule has 3 nitrogen and oxygen atoms in total. The Kier molecular flexibility index (Phi) is 14.2. The Balaban J connectivity index is 0.000000432. The molecule has 29 heavy (non-hydrogen) atoms. The van der Waals surface area contributed by atoms with Crippen LogP contribution in [0.4, 0.5) is 0 Å². The fraction of sp³-hybridized carbons (Fsp3) is 0.462. The molecule has 0 saturated heterocycles. The number of ketones is 1. The topological polar surface area (TPSA) is 45.8 Å². The van der Waals surface area contributed by atoms with Crippen LogP contribution in [0, 0.1) is 0 Å². The van der Waals surface area contributed by atoms with Crippen molar-refractivity contribution in [2.75, 3.05) is 0 Å². The first-order valence-electron chi connectivity index (χ1n) is 11.3. The minimum absolute atomic E-state index is 0.320. The van der Waals surface area contributed by atoms with E-state index in [2.05, 4.69) is 54.4 Å². The predicted molar refractivity (Wildman–Crippen MR) is 128 cm³/mol. The van der Waals surface area contributed by atoms with Gasteiger partial charge >= 0.3 is 0 Å². The number of carbonyl (C=O) groups is 1. The number of aryl methyl sites for hydroxylation is 3. The summed E-state index contributed by atoms with van der Waals surface area (Å²) >= 11 is 0. The molecule has 3 heteroatoms. The zero-order chi connectivity index (χ0) is 22.2. The Labute approximate surface area is 177 Å². The number of aromatic nitrogens is 2. The van der Waals surface area contributed by atoms with Gasteiger partial charge in [-0.25, -0.2) is 0 Å². The van der Waals surface area contributed by atoms with E-state index in [0.29, 0.717) is 12.2 Å². The highest BCUT2D eigenvalue weighted by Gasteiger charge is 2.18. The molecule has 1 heterocycles. The van der Waals surface area contributed by atoms with Crippen LogP contribution < -0.4 is 0 Å². The molecule has 0 unspecified atom stereocenters. The number of hydrogen-bond donors (Lipinski definition) is 1. The fourth-order valence-electron chi connectivity index (χ4n) is 2.91. The highest BCUT2D eigenvalue weighted by atomic mass is 16.1. The van der Waals surface area contributed by atoms with Gasteiger partial charge in [0, 0.05) is 17.4 Å². The molecule has 0 bridgehead atoms. The van der Waals surface area contributed by atoms with Gasteiger partial charge in [-0.2, -0.15) is 5.10 Å². The van der Waals surface area contributed by atoms with E-state index in [0.717, 1.165) is 30.3 Å². The van der Waals surface area contributed by atoms with Crippen molar-refractivity contribution in [1.82, 2.24) is 10.2 Å². The van der Waals surface area contributed by atoms with Crippen molar-refractivity contribution in [3.05, 3.63) is 64.8 Å². The van der Waals surface area contributed by atoms with E-state index in [1.807, 2.05) is 53.8 Å². The van der Waals surface area contributed by atoms with Gasteiger partial charge in [-0.15, -0.1) is 0 Å². The third kappa shape index (κ3) is 7.84. The van der Waals surface area contributed by atoms with Gasteiger partial charge < -0.3 is 0 Å². The van der Waals surface area contributed by atoms with Crippen molar-refractivity contribution < 1.29 is 4.79 Å². The molecule has 3 aromatic rings. The first kappa shape index (κ1) is 26.6. The maximum absolute atomic E-state index is 11.3. The van der Waals surface area contributed by atoms with Crippen LogP contribution in [0.1, 0.15) is 88.9 Å².